The molecule has 3 aliphatic rings. The zero-order valence-corrected chi connectivity index (χ0v) is 16.3. The third-order valence-electron chi connectivity index (χ3n) is 6.14. The van der Waals surface area contributed by atoms with Gasteiger partial charge in [-0.15, -0.1) is 0 Å². The van der Waals surface area contributed by atoms with Crippen LogP contribution in [0.1, 0.15) is 36.9 Å². The smallest absolute Gasteiger partial charge is 0.180 e. The van der Waals surface area contributed by atoms with Crippen LogP contribution in [0.25, 0.3) is 11.5 Å². The Kier molecular flexibility index (Phi) is 5.23. The van der Waals surface area contributed by atoms with Crippen molar-refractivity contribution in [3.8, 4) is 11.5 Å². The van der Waals surface area contributed by atoms with Gasteiger partial charge >= 0.3 is 0 Å². The summed E-state index contributed by atoms with van der Waals surface area (Å²) in [6, 6.07) is 5.92. The molecule has 6 heteroatoms. The van der Waals surface area contributed by atoms with Crippen LogP contribution in [0.3, 0.4) is 0 Å². The average Bonchev–Trinajstić information content (AvgIpc) is 3.44. The minimum absolute atomic E-state index is 0.363. The highest BCUT2D eigenvalue weighted by Gasteiger charge is 2.28. The number of hydrogen-bond acceptors (Lipinski definition) is 6. The van der Waals surface area contributed by atoms with Gasteiger partial charge in [0.1, 0.15) is 11.5 Å². The number of anilines is 1. The minimum atomic E-state index is 0.363. The van der Waals surface area contributed by atoms with Gasteiger partial charge in [0.2, 0.25) is 0 Å². The van der Waals surface area contributed by atoms with Gasteiger partial charge in [0, 0.05) is 43.1 Å². The first kappa shape index (κ1) is 18.0. The van der Waals surface area contributed by atoms with Crippen LogP contribution < -0.4 is 4.90 Å². The molecule has 0 N–H and O–H groups in total. The second-order valence-electron chi connectivity index (χ2n) is 8.11. The molecule has 1 atom stereocenters. The summed E-state index contributed by atoms with van der Waals surface area (Å²) in [5.41, 5.74) is 3.42. The summed E-state index contributed by atoms with van der Waals surface area (Å²) < 4.78 is 11.6. The maximum atomic E-state index is 6.19. The fraction of sp³-hybridized carbons (Fsp3) is 0.591. The first-order valence-corrected chi connectivity index (χ1v) is 10.6. The molecule has 2 fully saturated rings. The highest BCUT2D eigenvalue weighted by atomic mass is 16.5. The summed E-state index contributed by atoms with van der Waals surface area (Å²) in [4.78, 5) is 16.7. The van der Waals surface area contributed by atoms with E-state index in [-0.39, 0.29) is 0 Å². The lowest BCUT2D eigenvalue weighted by Gasteiger charge is -2.34. The van der Waals surface area contributed by atoms with Crippen molar-refractivity contribution in [2.45, 2.75) is 44.6 Å². The molecule has 0 spiro atoms. The van der Waals surface area contributed by atoms with Crippen LogP contribution in [-0.4, -0.2) is 54.0 Å². The van der Waals surface area contributed by atoms with Crippen molar-refractivity contribution in [3.63, 3.8) is 0 Å². The van der Waals surface area contributed by atoms with Crippen molar-refractivity contribution in [1.82, 2.24) is 15.0 Å². The van der Waals surface area contributed by atoms with E-state index in [4.69, 9.17) is 19.4 Å². The van der Waals surface area contributed by atoms with Crippen LogP contribution >= 0.6 is 0 Å². The third kappa shape index (κ3) is 3.76. The van der Waals surface area contributed by atoms with Gasteiger partial charge in [-0.2, -0.15) is 0 Å². The summed E-state index contributed by atoms with van der Waals surface area (Å²) in [5.74, 6) is 2.48. The SMILES string of the molecule is c1ccc(-c2nc3c(c(N4CCC(OCC5CCOC5)CC4)n2)CCC3)nc1. The molecule has 0 saturated carbocycles. The van der Waals surface area contributed by atoms with Crippen LogP contribution in [0.5, 0.6) is 0 Å². The number of nitrogens with zero attached hydrogens (tertiary/aromatic N) is 4. The molecule has 2 saturated heterocycles. The number of aryl methyl sites for hydroxylation is 1. The molecule has 0 radical (unpaired) electrons. The van der Waals surface area contributed by atoms with Crippen LogP contribution in [-0.2, 0) is 22.3 Å². The van der Waals surface area contributed by atoms with Gasteiger partial charge in [-0.1, -0.05) is 6.07 Å². The van der Waals surface area contributed by atoms with Gasteiger partial charge in [-0.25, -0.2) is 9.97 Å². The van der Waals surface area contributed by atoms with E-state index in [1.54, 1.807) is 0 Å². The molecule has 1 unspecified atom stereocenters. The summed E-state index contributed by atoms with van der Waals surface area (Å²) in [6.45, 7) is 4.59. The van der Waals surface area contributed by atoms with Crippen LogP contribution in [0.15, 0.2) is 24.4 Å². The highest BCUT2D eigenvalue weighted by molar-refractivity contribution is 5.59. The Balaban J connectivity index is 1.29. The van der Waals surface area contributed by atoms with E-state index in [2.05, 4.69) is 9.88 Å². The average molecular weight is 380 g/mol. The van der Waals surface area contributed by atoms with E-state index in [0.717, 1.165) is 82.4 Å². The van der Waals surface area contributed by atoms with Crippen molar-refractivity contribution < 1.29 is 9.47 Å². The lowest BCUT2D eigenvalue weighted by Crippen LogP contribution is -2.38. The molecule has 0 bridgehead atoms. The number of pyridine rings is 1. The van der Waals surface area contributed by atoms with E-state index < -0.39 is 0 Å². The fourth-order valence-corrected chi connectivity index (χ4v) is 4.51. The molecular formula is C22H28N4O2. The normalized spacial score (nSPS) is 22.6. The Morgan fingerprint density at radius 1 is 1.11 bits per heavy atom. The topological polar surface area (TPSA) is 60.4 Å². The van der Waals surface area contributed by atoms with E-state index >= 15 is 0 Å². The van der Waals surface area contributed by atoms with Gasteiger partial charge in [0.05, 0.1) is 19.3 Å². The van der Waals surface area contributed by atoms with Crippen LogP contribution in [0.4, 0.5) is 5.82 Å². The van der Waals surface area contributed by atoms with Crippen molar-refractivity contribution in [1.29, 1.82) is 0 Å². The van der Waals surface area contributed by atoms with E-state index in [9.17, 15) is 0 Å². The fourth-order valence-electron chi connectivity index (χ4n) is 4.51. The Hall–Kier alpha value is -2.05. The predicted molar refractivity (Wildman–Crippen MR) is 107 cm³/mol. The van der Waals surface area contributed by atoms with E-state index in [0.29, 0.717) is 12.0 Å². The largest absolute Gasteiger partial charge is 0.381 e. The molecule has 2 aromatic heterocycles. The summed E-state index contributed by atoms with van der Waals surface area (Å²) in [7, 11) is 0. The zero-order chi connectivity index (χ0) is 18.8. The number of piperidine rings is 1. The number of ether oxygens (including phenoxy) is 2. The molecule has 4 heterocycles. The first-order chi connectivity index (χ1) is 13.9. The molecule has 6 nitrogen and oxygen atoms in total. The quantitative estimate of drug-likeness (QED) is 0.795. The summed E-state index contributed by atoms with van der Waals surface area (Å²) in [6.07, 6.45) is 8.75. The molecule has 2 aromatic rings. The Morgan fingerprint density at radius 3 is 2.82 bits per heavy atom. The van der Waals surface area contributed by atoms with Gasteiger partial charge in [-0.05, 0) is 50.7 Å². The monoisotopic (exact) mass is 380 g/mol. The van der Waals surface area contributed by atoms with Crippen LogP contribution in [0, 0.1) is 5.92 Å². The number of rotatable bonds is 5. The lowest BCUT2D eigenvalue weighted by molar-refractivity contribution is 0.0131. The van der Waals surface area contributed by atoms with Gasteiger partial charge < -0.3 is 14.4 Å². The van der Waals surface area contributed by atoms with Gasteiger partial charge in [-0.3, -0.25) is 4.98 Å². The molecule has 0 amide bonds. The van der Waals surface area contributed by atoms with Gasteiger partial charge in [0.25, 0.3) is 0 Å². The maximum absolute atomic E-state index is 6.19. The molecule has 5 rings (SSSR count). The second kappa shape index (κ2) is 8.13. The molecule has 28 heavy (non-hydrogen) atoms. The minimum Gasteiger partial charge on any atom is -0.381 e. The Morgan fingerprint density at radius 2 is 2.04 bits per heavy atom. The van der Waals surface area contributed by atoms with E-state index in [1.807, 2.05) is 24.4 Å². The van der Waals surface area contributed by atoms with E-state index in [1.165, 1.54) is 17.7 Å². The molecule has 148 valence electrons. The van der Waals surface area contributed by atoms with Crippen molar-refractivity contribution >= 4 is 5.82 Å². The molecular weight excluding hydrogens is 352 g/mol. The zero-order valence-electron chi connectivity index (χ0n) is 16.3. The van der Waals surface area contributed by atoms with Crippen molar-refractivity contribution in [3.05, 3.63) is 35.7 Å². The number of hydrogen-bond donors (Lipinski definition) is 0. The first-order valence-electron chi connectivity index (χ1n) is 10.6. The summed E-state index contributed by atoms with van der Waals surface area (Å²) >= 11 is 0. The lowest BCUT2D eigenvalue weighted by atomic mass is 10.1. The summed E-state index contributed by atoms with van der Waals surface area (Å²) in [5, 5.41) is 0. The second-order valence-corrected chi connectivity index (χ2v) is 8.11. The van der Waals surface area contributed by atoms with Gasteiger partial charge in [0.15, 0.2) is 5.82 Å². The molecule has 0 aromatic carbocycles. The number of aromatic nitrogens is 3. The number of fused-ring (bicyclic) bond motifs is 1. The van der Waals surface area contributed by atoms with Crippen LogP contribution in [0.2, 0.25) is 0 Å². The van der Waals surface area contributed by atoms with Crippen molar-refractivity contribution in [2.75, 3.05) is 37.8 Å². The standard InChI is InChI=1S/C22H28N4O2/c1-2-10-23-20(5-1)21-24-19-6-3-4-18(19)22(25-21)26-11-7-17(8-12-26)28-15-16-9-13-27-14-16/h1-2,5,10,16-17H,3-4,6-9,11-15H2. The van der Waals surface area contributed by atoms with Crippen molar-refractivity contribution in [2.24, 2.45) is 5.92 Å². The maximum Gasteiger partial charge on any atom is 0.180 e. The third-order valence-corrected chi connectivity index (χ3v) is 6.14. The highest BCUT2D eigenvalue weighted by Crippen LogP contribution is 2.32. The Labute approximate surface area is 166 Å². The Bertz CT molecular complexity index is 800. The molecule has 2 aliphatic heterocycles. The molecule has 1 aliphatic carbocycles. The predicted octanol–water partition coefficient (Wildman–Crippen LogP) is 3.05.